The molecule has 0 aromatic carbocycles. The second kappa shape index (κ2) is 6.83. The van der Waals surface area contributed by atoms with Crippen LogP contribution in [0.2, 0.25) is 0 Å². The van der Waals surface area contributed by atoms with Gasteiger partial charge in [-0.05, 0) is 12.8 Å². The fourth-order valence-electron chi connectivity index (χ4n) is 1.96. The highest BCUT2D eigenvalue weighted by Gasteiger charge is 2.32. The molecule has 0 spiro atoms. The van der Waals surface area contributed by atoms with E-state index in [0.717, 1.165) is 18.6 Å². The predicted octanol–water partition coefficient (Wildman–Crippen LogP) is -0.133. The lowest BCUT2D eigenvalue weighted by atomic mass is 10.3. The third-order valence-corrected chi connectivity index (χ3v) is 4.27. The van der Waals surface area contributed by atoms with E-state index in [4.69, 9.17) is 5.11 Å². The Bertz CT molecular complexity index is 400. The maximum atomic E-state index is 11.9. The Hall–Kier alpha value is -1.44. The second-order valence-corrected chi connectivity index (χ2v) is 6.10. The van der Waals surface area contributed by atoms with Gasteiger partial charge in [-0.2, -0.15) is 11.8 Å². The topological polar surface area (TPSA) is 98.7 Å². The van der Waals surface area contributed by atoms with Gasteiger partial charge in [-0.3, -0.25) is 4.79 Å². The van der Waals surface area contributed by atoms with Crippen LogP contribution < -0.4 is 10.6 Å². The van der Waals surface area contributed by atoms with Gasteiger partial charge in [0.05, 0.1) is 0 Å². The van der Waals surface area contributed by atoms with E-state index in [2.05, 4.69) is 10.6 Å². The molecule has 2 aliphatic rings. The molecule has 1 aliphatic carbocycles. The molecule has 1 saturated heterocycles. The smallest absolute Gasteiger partial charge is 0.327 e. The van der Waals surface area contributed by atoms with Crippen molar-refractivity contribution >= 4 is 29.7 Å². The number of hydrogen-bond acceptors (Lipinski definition) is 4. The summed E-state index contributed by atoms with van der Waals surface area (Å²) in [5.41, 5.74) is 0. The van der Waals surface area contributed by atoms with Crippen LogP contribution >= 0.6 is 11.8 Å². The fraction of sp³-hybridized carbons (Fsp3) is 0.750. The molecule has 3 N–H and O–H groups in total. The van der Waals surface area contributed by atoms with Crippen molar-refractivity contribution in [2.75, 3.05) is 24.6 Å². The van der Waals surface area contributed by atoms with Gasteiger partial charge in [0.2, 0.25) is 5.91 Å². The van der Waals surface area contributed by atoms with Gasteiger partial charge < -0.3 is 20.6 Å². The number of amides is 3. The van der Waals surface area contributed by atoms with Gasteiger partial charge >= 0.3 is 12.0 Å². The summed E-state index contributed by atoms with van der Waals surface area (Å²) in [6, 6.07) is -0.875. The molecular formula is C12H19N3O4S. The van der Waals surface area contributed by atoms with Gasteiger partial charge in [0.15, 0.2) is 0 Å². The molecule has 0 bridgehead atoms. The summed E-state index contributed by atoms with van der Waals surface area (Å²) in [5.74, 6) is 0.0835. The summed E-state index contributed by atoms with van der Waals surface area (Å²) < 4.78 is 0. The number of carbonyl (C=O) groups is 3. The molecule has 112 valence electrons. The summed E-state index contributed by atoms with van der Waals surface area (Å²) in [4.78, 5) is 35.8. The Labute approximate surface area is 121 Å². The molecule has 8 heteroatoms. The average Bonchev–Trinajstić information content (AvgIpc) is 3.22. The van der Waals surface area contributed by atoms with Crippen LogP contribution in [0.25, 0.3) is 0 Å². The van der Waals surface area contributed by atoms with E-state index in [1.807, 2.05) is 0 Å². The van der Waals surface area contributed by atoms with E-state index in [-0.39, 0.29) is 18.9 Å². The van der Waals surface area contributed by atoms with Crippen LogP contribution in [-0.4, -0.2) is 64.6 Å². The van der Waals surface area contributed by atoms with Gasteiger partial charge in [0.25, 0.3) is 0 Å². The highest BCUT2D eigenvalue weighted by molar-refractivity contribution is 7.99. The second-order valence-electron chi connectivity index (χ2n) is 4.95. The normalized spacial score (nSPS) is 22.2. The summed E-state index contributed by atoms with van der Waals surface area (Å²) >= 11 is 1.53. The number of carboxylic acids is 1. The van der Waals surface area contributed by atoms with Crippen molar-refractivity contribution in [2.45, 2.75) is 31.3 Å². The van der Waals surface area contributed by atoms with Crippen LogP contribution in [0, 0.1) is 0 Å². The lowest BCUT2D eigenvalue weighted by Gasteiger charge is -2.32. The zero-order valence-electron chi connectivity index (χ0n) is 11.1. The zero-order valence-corrected chi connectivity index (χ0v) is 11.9. The minimum Gasteiger partial charge on any atom is -0.480 e. The monoisotopic (exact) mass is 301 g/mol. The van der Waals surface area contributed by atoms with Gasteiger partial charge in [-0.1, -0.05) is 0 Å². The Morgan fingerprint density at radius 2 is 2.05 bits per heavy atom. The molecule has 0 aromatic rings. The van der Waals surface area contributed by atoms with Crippen molar-refractivity contribution in [3.05, 3.63) is 0 Å². The molecule has 2 fully saturated rings. The molecule has 1 heterocycles. The van der Waals surface area contributed by atoms with Crippen LogP contribution in [-0.2, 0) is 9.59 Å². The van der Waals surface area contributed by atoms with Crippen LogP contribution in [0.5, 0.6) is 0 Å². The first-order chi connectivity index (χ1) is 9.58. The van der Waals surface area contributed by atoms with Crippen molar-refractivity contribution in [2.24, 2.45) is 0 Å². The molecule has 1 atom stereocenters. The Kier molecular flexibility index (Phi) is 5.11. The molecular weight excluding hydrogens is 282 g/mol. The minimum atomic E-state index is -0.987. The number of aliphatic carboxylic acids is 1. The molecule has 20 heavy (non-hydrogen) atoms. The molecule has 1 aliphatic heterocycles. The lowest BCUT2D eigenvalue weighted by molar-refractivity contribution is -0.141. The first kappa shape index (κ1) is 15.0. The van der Waals surface area contributed by atoms with E-state index in [1.54, 1.807) is 0 Å². The first-order valence-electron chi connectivity index (χ1n) is 6.72. The third kappa shape index (κ3) is 4.29. The quantitative estimate of drug-likeness (QED) is 0.657. The Morgan fingerprint density at radius 1 is 1.30 bits per heavy atom. The zero-order chi connectivity index (χ0) is 14.5. The number of carboxylic acid groups (broad SMARTS) is 1. The highest BCUT2D eigenvalue weighted by Crippen LogP contribution is 2.18. The third-order valence-electron chi connectivity index (χ3n) is 3.25. The molecule has 0 aromatic heterocycles. The summed E-state index contributed by atoms with van der Waals surface area (Å²) in [6.07, 6.45) is 2.29. The van der Waals surface area contributed by atoms with Crippen LogP contribution in [0.3, 0.4) is 0 Å². The number of urea groups is 1. The Morgan fingerprint density at radius 3 is 2.70 bits per heavy atom. The molecule has 1 unspecified atom stereocenters. The minimum absolute atomic E-state index is 0.0724. The molecule has 0 radical (unpaired) electrons. The number of rotatable bonds is 5. The average molecular weight is 301 g/mol. The summed E-state index contributed by atoms with van der Waals surface area (Å²) in [6.45, 7) is 0.648. The highest BCUT2D eigenvalue weighted by atomic mass is 32.2. The van der Waals surface area contributed by atoms with E-state index >= 15 is 0 Å². The number of hydrogen-bond donors (Lipinski definition) is 3. The molecule has 2 rings (SSSR count). The lowest BCUT2D eigenvalue weighted by Crippen LogP contribution is -2.54. The van der Waals surface area contributed by atoms with Crippen molar-refractivity contribution in [1.82, 2.24) is 15.5 Å². The van der Waals surface area contributed by atoms with Crippen LogP contribution in [0.15, 0.2) is 0 Å². The van der Waals surface area contributed by atoms with E-state index < -0.39 is 18.0 Å². The van der Waals surface area contributed by atoms with Crippen LogP contribution in [0.1, 0.15) is 19.3 Å². The number of nitrogens with zero attached hydrogens (tertiary/aromatic N) is 1. The van der Waals surface area contributed by atoms with Crippen molar-refractivity contribution in [3.63, 3.8) is 0 Å². The maximum absolute atomic E-state index is 11.9. The number of nitrogens with one attached hydrogen (secondary N) is 2. The van der Waals surface area contributed by atoms with Crippen LogP contribution in [0.4, 0.5) is 4.79 Å². The predicted molar refractivity (Wildman–Crippen MR) is 74.6 cm³/mol. The standard InChI is InChI=1S/C12H19N3O4S/c16-10(14-8-1-2-8)3-4-13-12(19)15-5-6-20-7-9(15)11(17)18/h8-9H,1-7H2,(H,13,19)(H,14,16)(H,17,18). The fourth-order valence-corrected chi connectivity index (χ4v) is 3.00. The summed E-state index contributed by atoms with van der Waals surface area (Å²) in [5, 5.41) is 14.5. The van der Waals surface area contributed by atoms with Gasteiger partial charge in [0, 0.05) is 37.1 Å². The van der Waals surface area contributed by atoms with E-state index in [9.17, 15) is 14.4 Å². The van der Waals surface area contributed by atoms with Gasteiger partial charge in [-0.25, -0.2) is 9.59 Å². The summed E-state index contributed by atoms with van der Waals surface area (Å²) in [7, 11) is 0. The van der Waals surface area contributed by atoms with Gasteiger partial charge in [0.1, 0.15) is 6.04 Å². The Balaban J connectivity index is 1.72. The molecule has 7 nitrogen and oxygen atoms in total. The maximum Gasteiger partial charge on any atom is 0.327 e. The number of thioether (sulfide) groups is 1. The molecule has 1 saturated carbocycles. The van der Waals surface area contributed by atoms with Crippen molar-refractivity contribution < 1.29 is 19.5 Å². The largest absolute Gasteiger partial charge is 0.480 e. The first-order valence-corrected chi connectivity index (χ1v) is 7.88. The van der Waals surface area contributed by atoms with Crippen molar-refractivity contribution in [3.8, 4) is 0 Å². The van der Waals surface area contributed by atoms with E-state index in [1.165, 1.54) is 16.7 Å². The van der Waals surface area contributed by atoms with E-state index in [0.29, 0.717) is 18.3 Å². The SMILES string of the molecule is O=C(CCNC(=O)N1CCSCC1C(=O)O)NC1CC1. The van der Waals surface area contributed by atoms with Crippen molar-refractivity contribution in [1.29, 1.82) is 0 Å². The number of carbonyl (C=O) groups excluding carboxylic acids is 2. The van der Waals surface area contributed by atoms with Gasteiger partial charge in [-0.15, -0.1) is 0 Å². The molecule has 3 amide bonds.